The van der Waals surface area contributed by atoms with E-state index >= 15 is 0 Å². The molecule has 0 spiro atoms. The number of aromatic hydroxyl groups is 1. The molecule has 0 unspecified atom stereocenters. The molecule has 0 saturated carbocycles. The van der Waals surface area contributed by atoms with E-state index in [1.807, 2.05) is 25.9 Å². The zero-order valence-electron chi connectivity index (χ0n) is 12.6. The molecule has 116 valence electrons. The molecule has 0 aliphatic carbocycles. The Kier molecular flexibility index (Phi) is 6.10. The lowest BCUT2D eigenvalue weighted by atomic mass is 10.1. The van der Waals surface area contributed by atoms with Crippen molar-refractivity contribution in [2.24, 2.45) is 0 Å². The summed E-state index contributed by atoms with van der Waals surface area (Å²) in [5, 5.41) is 20.2. The zero-order chi connectivity index (χ0) is 16.0. The molecule has 0 radical (unpaired) electrons. The van der Waals surface area contributed by atoms with Gasteiger partial charge in [-0.1, -0.05) is 0 Å². The van der Waals surface area contributed by atoms with E-state index in [2.05, 4.69) is 0 Å². The van der Waals surface area contributed by atoms with E-state index < -0.39 is 16.4 Å². The number of phenolic OH excluding ortho intramolecular Hbond substituents is 1. The second-order valence-electron chi connectivity index (χ2n) is 5.00. The minimum atomic E-state index is -0.682. The van der Waals surface area contributed by atoms with Crippen LogP contribution in [-0.2, 0) is 0 Å². The van der Waals surface area contributed by atoms with Crippen molar-refractivity contribution in [3.63, 3.8) is 0 Å². The molecule has 1 amide bonds. The van der Waals surface area contributed by atoms with Crippen LogP contribution in [0, 0.1) is 10.1 Å². The fourth-order valence-corrected chi connectivity index (χ4v) is 1.97. The number of amides is 1. The van der Waals surface area contributed by atoms with Crippen molar-refractivity contribution >= 4 is 11.6 Å². The molecule has 7 heteroatoms. The number of phenols is 1. The first-order valence-electron chi connectivity index (χ1n) is 6.78. The van der Waals surface area contributed by atoms with Gasteiger partial charge in [-0.15, -0.1) is 0 Å². The Balaban J connectivity index is 2.80. The Bertz CT molecular complexity index is 517. The summed E-state index contributed by atoms with van der Waals surface area (Å²) in [4.78, 5) is 26.0. The highest BCUT2D eigenvalue weighted by atomic mass is 16.6. The number of hydrogen-bond acceptors (Lipinski definition) is 5. The summed E-state index contributed by atoms with van der Waals surface area (Å²) in [7, 11) is 3.93. The molecule has 0 fully saturated rings. The topological polar surface area (TPSA) is 86.9 Å². The smallest absolute Gasteiger partial charge is 0.310 e. The second-order valence-corrected chi connectivity index (χ2v) is 5.00. The third-order valence-corrected chi connectivity index (χ3v) is 3.12. The number of hydrogen-bond donors (Lipinski definition) is 1. The van der Waals surface area contributed by atoms with Gasteiger partial charge in [0.05, 0.1) is 4.92 Å². The number of carbonyl (C=O) groups is 1. The fraction of sp³-hybridized carbons (Fsp3) is 0.500. The molecule has 0 aliphatic rings. The maximum atomic E-state index is 12.3. The van der Waals surface area contributed by atoms with Gasteiger partial charge in [-0.2, -0.15) is 0 Å². The Morgan fingerprint density at radius 2 is 2.00 bits per heavy atom. The first kappa shape index (κ1) is 16.9. The summed E-state index contributed by atoms with van der Waals surface area (Å²) in [5.74, 6) is -0.725. The van der Waals surface area contributed by atoms with E-state index in [0.717, 1.165) is 25.1 Å². The summed E-state index contributed by atoms with van der Waals surface area (Å²) < 4.78 is 0. The first-order chi connectivity index (χ1) is 9.86. The summed E-state index contributed by atoms with van der Waals surface area (Å²) in [6, 6.07) is 3.67. The van der Waals surface area contributed by atoms with Gasteiger partial charge in [0.1, 0.15) is 0 Å². The third-order valence-electron chi connectivity index (χ3n) is 3.12. The Labute approximate surface area is 123 Å². The van der Waals surface area contributed by atoms with Crippen molar-refractivity contribution in [2.45, 2.75) is 13.3 Å². The van der Waals surface area contributed by atoms with Crippen LogP contribution in [0.4, 0.5) is 5.69 Å². The molecule has 1 N–H and O–H groups in total. The molecule has 0 aromatic heterocycles. The van der Waals surface area contributed by atoms with Crippen LogP contribution in [-0.4, -0.2) is 59.5 Å². The number of carbonyl (C=O) groups excluding carboxylic acids is 1. The Morgan fingerprint density at radius 1 is 1.33 bits per heavy atom. The van der Waals surface area contributed by atoms with Gasteiger partial charge in [-0.05, 0) is 46.1 Å². The van der Waals surface area contributed by atoms with Crippen LogP contribution >= 0.6 is 0 Å². The number of nitrogens with zero attached hydrogens (tertiary/aromatic N) is 3. The van der Waals surface area contributed by atoms with Gasteiger partial charge in [-0.3, -0.25) is 14.9 Å². The monoisotopic (exact) mass is 295 g/mol. The molecule has 21 heavy (non-hydrogen) atoms. The van der Waals surface area contributed by atoms with E-state index in [9.17, 15) is 20.0 Å². The predicted molar refractivity (Wildman–Crippen MR) is 79.5 cm³/mol. The van der Waals surface area contributed by atoms with Crippen molar-refractivity contribution in [3.8, 4) is 5.75 Å². The molecule has 0 aliphatic heterocycles. The molecular weight excluding hydrogens is 274 g/mol. The number of rotatable bonds is 7. The SMILES string of the molecule is CCN(CCCN(C)C)C(=O)c1ccc([N+](=O)[O-])c(O)c1. The lowest BCUT2D eigenvalue weighted by Crippen LogP contribution is -2.33. The number of nitro benzene ring substituents is 1. The summed E-state index contributed by atoms with van der Waals surface area (Å²) in [6.07, 6.45) is 0.839. The highest BCUT2D eigenvalue weighted by molar-refractivity contribution is 5.95. The average molecular weight is 295 g/mol. The number of benzene rings is 1. The van der Waals surface area contributed by atoms with E-state index in [-0.39, 0.29) is 11.5 Å². The standard InChI is InChI=1S/C14H21N3O4/c1-4-16(9-5-8-15(2)3)14(19)11-6-7-12(17(20)21)13(18)10-11/h6-7,10,18H,4-5,8-9H2,1-3H3. The van der Waals surface area contributed by atoms with Crippen LogP contribution in [0.2, 0.25) is 0 Å². The maximum absolute atomic E-state index is 12.3. The van der Waals surface area contributed by atoms with Crippen LogP contribution in [0.25, 0.3) is 0 Å². The van der Waals surface area contributed by atoms with Crippen molar-refractivity contribution in [3.05, 3.63) is 33.9 Å². The molecule has 1 rings (SSSR count). The fourth-order valence-electron chi connectivity index (χ4n) is 1.97. The molecular formula is C14H21N3O4. The molecule has 1 aromatic rings. The zero-order valence-corrected chi connectivity index (χ0v) is 12.6. The van der Waals surface area contributed by atoms with Crippen LogP contribution in [0.15, 0.2) is 18.2 Å². The van der Waals surface area contributed by atoms with Crippen molar-refractivity contribution in [2.75, 3.05) is 33.7 Å². The predicted octanol–water partition coefficient (Wildman–Crippen LogP) is 1.71. The maximum Gasteiger partial charge on any atom is 0.310 e. The van der Waals surface area contributed by atoms with Gasteiger partial charge in [0.2, 0.25) is 0 Å². The summed E-state index contributed by atoms with van der Waals surface area (Å²) in [5.41, 5.74) is -0.146. The molecule has 7 nitrogen and oxygen atoms in total. The Morgan fingerprint density at radius 3 is 2.48 bits per heavy atom. The molecule has 0 heterocycles. The first-order valence-corrected chi connectivity index (χ1v) is 6.78. The van der Waals surface area contributed by atoms with Crippen molar-refractivity contribution in [1.82, 2.24) is 9.80 Å². The average Bonchev–Trinajstić information content (AvgIpc) is 2.42. The van der Waals surface area contributed by atoms with E-state index in [1.165, 1.54) is 6.07 Å². The second kappa shape index (κ2) is 7.58. The molecule has 0 atom stereocenters. The minimum Gasteiger partial charge on any atom is -0.502 e. The van der Waals surface area contributed by atoms with Gasteiger partial charge >= 0.3 is 5.69 Å². The summed E-state index contributed by atoms with van der Waals surface area (Å²) in [6.45, 7) is 3.89. The largest absolute Gasteiger partial charge is 0.502 e. The third kappa shape index (κ3) is 4.71. The van der Waals surface area contributed by atoms with E-state index in [4.69, 9.17) is 0 Å². The molecule has 1 aromatic carbocycles. The van der Waals surface area contributed by atoms with Crippen LogP contribution < -0.4 is 0 Å². The van der Waals surface area contributed by atoms with Crippen molar-refractivity contribution < 1.29 is 14.8 Å². The van der Waals surface area contributed by atoms with Gasteiger partial charge in [0.15, 0.2) is 5.75 Å². The van der Waals surface area contributed by atoms with E-state index in [1.54, 1.807) is 4.90 Å². The Hall–Kier alpha value is -2.15. The van der Waals surface area contributed by atoms with Crippen LogP contribution in [0.1, 0.15) is 23.7 Å². The normalized spacial score (nSPS) is 10.7. The van der Waals surface area contributed by atoms with Gasteiger partial charge in [0.25, 0.3) is 5.91 Å². The van der Waals surface area contributed by atoms with E-state index in [0.29, 0.717) is 13.1 Å². The minimum absolute atomic E-state index is 0.235. The highest BCUT2D eigenvalue weighted by Gasteiger charge is 2.19. The summed E-state index contributed by atoms with van der Waals surface area (Å²) >= 11 is 0. The molecule has 0 bridgehead atoms. The highest BCUT2D eigenvalue weighted by Crippen LogP contribution is 2.26. The van der Waals surface area contributed by atoms with Gasteiger partial charge in [0, 0.05) is 24.7 Å². The van der Waals surface area contributed by atoms with Gasteiger partial charge in [-0.25, -0.2) is 0 Å². The van der Waals surface area contributed by atoms with Crippen molar-refractivity contribution in [1.29, 1.82) is 0 Å². The quantitative estimate of drug-likeness (QED) is 0.611. The van der Waals surface area contributed by atoms with Crippen LogP contribution in [0.5, 0.6) is 5.75 Å². The molecule has 0 saturated heterocycles. The lowest BCUT2D eigenvalue weighted by Gasteiger charge is -2.22. The van der Waals surface area contributed by atoms with Gasteiger partial charge < -0.3 is 14.9 Å². The van der Waals surface area contributed by atoms with Crippen LogP contribution in [0.3, 0.4) is 0 Å². The lowest BCUT2D eigenvalue weighted by molar-refractivity contribution is -0.385. The number of nitro groups is 1.